The van der Waals surface area contributed by atoms with E-state index >= 15 is 0 Å². The van der Waals surface area contributed by atoms with Gasteiger partial charge in [0.2, 0.25) is 0 Å². The summed E-state index contributed by atoms with van der Waals surface area (Å²) < 4.78 is 70.8. The van der Waals surface area contributed by atoms with Crippen molar-refractivity contribution in [3.8, 4) is 0 Å². The maximum Gasteiger partial charge on any atom is 0.407 e. The summed E-state index contributed by atoms with van der Waals surface area (Å²) in [4.78, 5) is 10.8. The molecule has 7 heteroatoms. The highest BCUT2D eigenvalue weighted by atomic mass is 19.3. The van der Waals surface area contributed by atoms with E-state index in [1.54, 1.807) is 0 Å². The van der Waals surface area contributed by atoms with Crippen molar-refractivity contribution < 1.29 is 31.5 Å². The second kappa shape index (κ2) is 5.54. The molecule has 1 aromatic rings. The summed E-state index contributed by atoms with van der Waals surface area (Å²) in [5.41, 5.74) is -0.642. The predicted octanol–water partition coefficient (Wildman–Crippen LogP) is 3.53. The molecule has 0 saturated heterocycles. The van der Waals surface area contributed by atoms with E-state index in [0.29, 0.717) is 0 Å². The number of benzene rings is 1. The van der Waals surface area contributed by atoms with Crippen LogP contribution in [-0.2, 0) is 9.53 Å². The summed E-state index contributed by atoms with van der Waals surface area (Å²) in [5.74, 6) is -12.9. The molecule has 1 aromatic carbocycles. The number of carbonyl (C=O) groups is 1. The normalized spacial score (nSPS) is 14.0. The number of hydrogen-bond donors (Lipinski definition) is 0. The molecule has 0 aliphatic rings. The van der Waals surface area contributed by atoms with Gasteiger partial charge in [0.1, 0.15) is 0 Å². The van der Waals surface area contributed by atoms with Crippen molar-refractivity contribution in [2.45, 2.75) is 24.9 Å². The van der Waals surface area contributed by atoms with Crippen LogP contribution in [0.4, 0.5) is 22.0 Å². The second-order valence-electron chi connectivity index (χ2n) is 3.69. The van der Waals surface area contributed by atoms with Gasteiger partial charge in [-0.3, -0.25) is 0 Å². The topological polar surface area (TPSA) is 26.3 Å². The van der Waals surface area contributed by atoms with Gasteiger partial charge in [-0.2, -0.15) is 17.6 Å². The molecule has 1 unspecified atom stereocenters. The van der Waals surface area contributed by atoms with Crippen molar-refractivity contribution >= 4 is 5.97 Å². The van der Waals surface area contributed by atoms with Gasteiger partial charge in [-0.25, -0.2) is 9.18 Å². The number of carbonyl (C=O) groups excluding carboxylic acids is 1. The number of rotatable bonds is 5. The Morgan fingerprint density at radius 1 is 1.21 bits per heavy atom. The zero-order valence-corrected chi connectivity index (χ0v) is 9.88. The van der Waals surface area contributed by atoms with Crippen molar-refractivity contribution in [2.24, 2.45) is 0 Å². The van der Waals surface area contributed by atoms with Crippen molar-refractivity contribution in [1.82, 2.24) is 0 Å². The predicted molar refractivity (Wildman–Crippen MR) is 56.8 cm³/mol. The lowest BCUT2D eigenvalue weighted by molar-refractivity contribution is -0.248. The Kier molecular flexibility index (Phi) is 4.49. The number of ether oxygens (including phenoxy) is 1. The van der Waals surface area contributed by atoms with Gasteiger partial charge in [-0.1, -0.05) is 30.3 Å². The minimum absolute atomic E-state index is 0.507. The van der Waals surface area contributed by atoms with Gasteiger partial charge in [0, 0.05) is 0 Å². The van der Waals surface area contributed by atoms with Crippen LogP contribution in [-0.4, -0.2) is 24.4 Å². The maximum atomic E-state index is 13.6. The monoisotopic (exact) mass is 282 g/mol. The fourth-order valence-electron chi connectivity index (χ4n) is 1.35. The Hall–Kier alpha value is -1.66. The van der Waals surface area contributed by atoms with Crippen LogP contribution >= 0.6 is 0 Å². The van der Waals surface area contributed by atoms with Crippen LogP contribution in [0, 0.1) is 0 Å². The van der Waals surface area contributed by atoms with Gasteiger partial charge >= 0.3 is 17.8 Å². The minimum Gasteiger partial charge on any atom is -0.461 e. The summed E-state index contributed by atoms with van der Waals surface area (Å²) in [7, 11) is 0. The molecule has 0 amide bonds. The van der Waals surface area contributed by atoms with Crippen molar-refractivity contribution in [2.75, 3.05) is 6.61 Å². The highest BCUT2D eigenvalue weighted by Crippen LogP contribution is 2.46. The first kappa shape index (κ1) is 15.4. The van der Waals surface area contributed by atoms with Crippen LogP contribution in [0.25, 0.3) is 0 Å². The molecule has 0 heterocycles. The van der Waals surface area contributed by atoms with Crippen LogP contribution in [0.15, 0.2) is 30.3 Å². The van der Waals surface area contributed by atoms with Crippen molar-refractivity contribution in [1.29, 1.82) is 0 Å². The molecule has 0 aromatic heterocycles. The Balaban J connectivity index is 3.05. The van der Waals surface area contributed by atoms with Crippen LogP contribution in [0.3, 0.4) is 0 Å². The average Bonchev–Trinajstić information content (AvgIpc) is 2.38. The van der Waals surface area contributed by atoms with Crippen LogP contribution in [0.5, 0.6) is 0 Å². The molecular weight excluding hydrogens is 271 g/mol. The fraction of sp³-hybridized carbons (Fsp3) is 0.417. The standard InChI is InChI=1S/C12H11F5O2/c1-2-19-10(18)12(16,17)11(14,15)9(13)8-6-4-3-5-7-8/h3-7,9H,2H2,1H3. The number of esters is 1. The van der Waals surface area contributed by atoms with Gasteiger partial charge in [-0.05, 0) is 12.5 Å². The zero-order valence-electron chi connectivity index (χ0n) is 9.88. The highest BCUT2D eigenvalue weighted by Gasteiger charge is 2.68. The van der Waals surface area contributed by atoms with Gasteiger partial charge in [-0.15, -0.1) is 0 Å². The molecule has 0 radical (unpaired) electrons. The SMILES string of the molecule is CCOC(=O)C(F)(F)C(F)(F)C(F)c1ccccc1. The lowest BCUT2D eigenvalue weighted by Gasteiger charge is -2.27. The lowest BCUT2D eigenvalue weighted by Crippen LogP contribution is -2.50. The van der Waals surface area contributed by atoms with Crippen LogP contribution in [0.1, 0.15) is 18.7 Å². The lowest BCUT2D eigenvalue weighted by atomic mass is 10.00. The Labute approximate surface area is 106 Å². The van der Waals surface area contributed by atoms with E-state index in [2.05, 4.69) is 4.74 Å². The Morgan fingerprint density at radius 3 is 2.21 bits per heavy atom. The van der Waals surface area contributed by atoms with Crippen LogP contribution in [0.2, 0.25) is 0 Å². The average molecular weight is 282 g/mol. The minimum atomic E-state index is -5.24. The van der Waals surface area contributed by atoms with E-state index in [4.69, 9.17) is 0 Å². The van der Waals surface area contributed by atoms with Gasteiger partial charge < -0.3 is 4.74 Å². The Bertz CT molecular complexity index is 433. The third kappa shape index (κ3) is 2.85. The Morgan fingerprint density at radius 2 is 1.74 bits per heavy atom. The molecule has 0 spiro atoms. The second-order valence-corrected chi connectivity index (χ2v) is 3.69. The summed E-state index contributed by atoms with van der Waals surface area (Å²) >= 11 is 0. The first-order chi connectivity index (χ1) is 8.75. The molecule has 0 saturated carbocycles. The van der Waals surface area contributed by atoms with Gasteiger partial charge in [0.25, 0.3) is 0 Å². The first-order valence-corrected chi connectivity index (χ1v) is 5.37. The molecule has 106 valence electrons. The quantitative estimate of drug-likeness (QED) is 0.610. The molecule has 0 fully saturated rings. The molecule has 0 N–H and O–H groups in total. The summed E-state index contributed by atoms with van der Waals surface area (Å²) in [5, 5.41) is 0. The van der Waals surface area contributed by atoms with E-state index in [0.717, 1.165) is 12.1 Å². The van der Waals surface area contributed by atoms with Crippen molar-refractivity contribution in [3.05, 3.63) is 35.9 Å². The molecule has 1 rings (SSSR count). The number of hydrogen-bond acceptors (Lipinski definition) is 2. The molecule has 19 heavy (non-hydrogen) atoms. The third-order valence-corrected chi connectivity index (χ3v) is 2.36. The third-order valence-electron chi connectivity index (χ3n) is 2.36. The van der Waals surface area contributed by atoms with Gasteiger partial charge in [0.05, 0.1) is 6.61 Å². The van der Waals surface area contributed by atoms with Crippen LogP contribution < -0.4 is 0 Å². The highest BCUT2D eigenvalue weighted by molar-refractivity contribution is 5.79. The van der Waals surface area contributed by atoms with E-state index < -0.39 is 36.2 Å². The number of halogens is 5. The smallest absolute Gasteiger partial charge is 0.407 e. The van der Waals surface area contributed by atoms with E-state index in [1.807, 2.05) is 0 Å². The molecule has 0 bridgehead atoms. The first-order valence-electron chi connectivity index (χ1n) is 5.37. The molecule has 2 nitrogen and oxygen atoms in total. The van der Waals surface area contributed by atoms with Crippen molar-refractivity contribution in [3.63, 3.8) is 0 Å². The summed E-state index contributed by atoms with van der Waals surface area (Å²) in [6, 6.07) is 5.72. The maximum absolute atomic E-state index is 13.6. The summed E-state index contributed by atoms with van der Waals surface area (Å²) in [6.45, 7) is 0.670. The van der Waals surface area contributed by atoms with E-state index in [1.165, 1.54) is 25.1 Å². The molecule has 1 atom stereocenters. The zero-order chi connectivity index (χ0) is 14.7. The van der Waals surface area contributed by atoms with E-state index in [-0.39, 0.29) is 0 Å². The fourth-order valence-corrected chi connectivity index (χ4v) is 1.35. The van der Waals surface area contributed by atoms with Gasteiger partial charge in [0.15, 0.2) is 6.17 Å². The summed E-state index contributed by atoms with van der Waals surface area (Å²) in [6.07, 6.45) is -3.31. The molecular formula is C12H11F5O2. The molecule has 0 aliphatic carbocycles. The molecule has 0 aliphatic heterocycles. The largest absolute Gasteiger partial charge is 0.461 e. The number of alkyl halides is 5. The van der Waals surface area contributed by atoms with E-state index in [9.17, 15) is 26.7 Å².